The standard InChI is InChI=1S/C4H4O6.C2H6O2/c5-3(9-7)1-2-4(6)10-8;3-1-2-4/h1-2,7-8H;3-4H,1-2H2/b2-1+;. The van der Waals surface area contributed by atoms with Crippen LogP contribution in [0, 0.1) is 0 Å². The van der Waals surface area contributed by atoms with E-state index >= 15 is 0 Å². The molecule has 0 aromatic rings. The summed E-state index contributed by atoms with van der Waals surface area (Å²) >= 11 is 0. The van der Waals surface area contributed by atoms with Crippen LogP contribution in [0.4, 0.5) is 0 Å². The smallest absolute Gasteiger partial charge is 0.365 e. The zero-order valence-electron chi connectivity index (χ0n) is 6.99. The lowest BCUT2D eigenvalue weighted by atomic mass is 10.5. The highest BCUT2D eigenvalue weighted by Crippen LogP contribution is 1.79. The van der Waals surface area contributed by atoms with Crippen molar-refractivity contribution in [2.75, 3.05) is 13.2 Å². The second-order valence-corrected chi connectivity index (χ2v) is 1.60. The molecule has 8 heteroatoms. The molecule has 0 unspecified atom stereocenters. The molecule has 0 atom stereocenters. The van der Waals surface area contributed by atoms with Gasteiger partial charge in [0.25, 0.3) is 0 Å². The van der Waals surface area contributed by atoms with Gasteiger partial charge in [-0.3, -0.25) is 9.78 Å². The Morgan fingerprint density at radius 2 is 1.21 bits per heavy atom. The molecule has 0 aliphatic carbocycles. The van der Waals surface area contributed by atoms with E-state index in [1.54, 1.807) is 0 Å². The van der Waals surface area contributed by atoms with Crippen molar-refractivity contribution in [3.05, 3.63) is 12.2 Å². The van der Waals surface area contributed by atoms with E-state index in [1.807, 2.05) is 0 Å². The first-order chi connectivity index (χ1) is 6.62. The van der Waals surface area contributed by atoms with Crippen LogP contribution in [-0.4, -0.2) is 45.9 Å². The number of carbonyl (C=O) groups is 2. The monoisotopic (exact) mass is 210 g/mol. The van der Waals surface area contributed by atoms with E-state index in [2.05, 4.69) is 9.78 Å². The maximum absolute atomic E-state index is 9.98. The van der Waals surface area contributed by atoms with E-state index in [0.717, 1.165) is 0 Å². The fourth-order valence-corrected chi connectivity index (χ4v) is 0.197. The maximum atomic E-state index is 9.98. The molecule has 0 saturated heterocycles. The van der Waals surface area contributed by atoms with Gasteiger partial charge in [0.15, 0.2) is 0 Å². The van der Waals surface area contributed by atoms with Gasteiger partial charge in [-0.1, -0.05) is 0 Å². The lowest BCUT2D eigenvalue weighted by molar-refractivity contribution is -0.230. The van der Waals surface area contributed by atoms with Crippen molar-refractivity contribution in [3.63, 3.8) is 0 Å². The van der Waals surface area contributed by atoms with Gasteiger partial charge in [0.05, 0.1) is 13.2 Å². The average Bonchev–Trinajstić information content (AvgIpc) is 2.25. The molecule has 14 heavy (non-hydrogen) atoms. The summed E-state index contributed by atoms with van der Waals surface area (Å²) in [6, 6.07) is 0. The van der Waals surface area contributed by atoms with E-state index in [-0.39, 0.29) is 13.2 Å². The molecule has 0 aliphatic rings. The predicted octanol–water partition coefficient (Wildman–Crippen LogP) is -1.45. The van der Waals surface area contributed by atoms with Gasteiger partial charge in [0, 0.05) is 12.2 Å². The molecule has 0 bridgehead atoms. The number of rotatable bonds is 3. The third-order valence-corrected chi connectivity index (χ3v) is 0.635. The van der Waals surface area contributed by atoms with Crippen molar-refractivity contribution >= 4 is 11.9 Å². The highest BCUT2D eigenvalue weighted by atomic mass is 17.1. The third kappa shape index (κ3) is 13.1. The summed E-state index contributed by atoms with van der Waals surface area (Å²) in [6.45, 7) is -0.250. The van der Waals surface area contributed by atoms with Crippen LogP contribution in [-0.2, 0) is 19.4 Å². The summed E-state index contributed by atoms with van der Waals surface area (Å²) in [5.41, 5.74) is 0. The van der Waals surface area contributed by atoms with E-state index in [1.165, 1.54) is 0 Å². The van der Waals surface area contributed by atoms with Gasteiger partial charge in [0.1, 0.15) is 0 Å². The molecular formula is C6H10O8. The molecule has 4 N–H and O–H groups in total. The van der Waals surface area contributed by atoms with Gasteiger partial charge in [-0.15, -0.1) is 0 Å². The molecular weight excluding hydrogens is 200 g/mol. The second kappa shape index (κ2) is 11.5. The lowest BCUT2D eigenvalue weighted by Crippen LogP contribution is -1.99. The first-order valence-electron chi connectivity index (χ1n) is 3.22. The molecule has 0 fully saturated rings. The van der Waals surface area contributed by atoms with Crippen LogP contribution in [0.5, 0.6) is 0 Å². The molecule has 8 nitrogen and oxygen atoms in total. The van der Waals surface area contributed by atoms with E-state index in [4.69, 9.17) is 20.7 Å². The van der Waals surface area contributed by atoms with E-state index in [9.17, 15) is 9.59 Å². The van der Waals surface area contributed by atoms with Crippen LogP contribution in [0.15, 0.2) is 12.2 Å². The van der Waals surface area contributed by atoms with Gasteiger partial charge in [-0.25, -0.2) is 9.59 Å². The summed E-state index contributed by atoms with van der Waals surface area (Å²) in [7, 11) is 0. The van der Waals surface area contributed by atoms with E-state index in [0.29, 0.717) is 12.2 Å². The predicted molar refractivity (Wildman–Crippen MR) is 40.8 cm³/mol. The van der Waals surface area contributed by atoms with Crippen molar-refractivity contribution in [3.8, 4) is 0 Å². The Labute approximate surface area is 78.5 Å². The fraction of sp³-hybridized carbons (Fsp3) is 0.333. The second-order valence-electron chi connectivity index (χ2n) is 1.60. The number of carbonyl (C=O) groups excluding carboxylic acids is 2. The van der Waals surface area contributed by atoms with E-state index < -0.39 is 11.9 Å². The first kappa shape index (κ1) is 15.0. The molecule has 0 aromatic carbocycles. The van der Waals surface area contributed by atoms with Gasteiger partial charge in [0.2, 0.25) is 0 Å². The molecule has 0 radical (unpaired) electrons. The minimum Gasteiger partial charge on any atom is -0.394 e. The summed E-state index contributed by atoms with van der Waals surface area (Å²) in [6.07, 6.45) is 1.16. The first-order valence-corrected chi connectivity index (χ1v) is 3.22. The molecule has 0 heterocycles. The largest absolute Gasteiger partial charge is 0.394 e. The van der Waals surface area contributed by atoms with Crippen molar-refractivity contribution in [1.29, 1.82) is 0 Å². The van der Waals surface area contributed by atoms with Crippen molar-refractivity contribution in [1.82, 2.24) is 0 Å². The zero-order valence-corrected chi connectivity index (χ0v) is 6.99. The Balaban J connectivity index is 0. The van der Waals surface area contributed by atoms with Gasteiger partial charge < -0.3 is 10.2 Å². The molecule has 0 spiro atoms. The average molecular weight is 210 g/mol. The molecule has 0 aromatic heterocycles. The van der Waals surface area contributed by atoms with Crippen LogP contribution >= 0.6 is 0 Å². The topological polar surface area (TPSA) is 134 Å². The number of hydrogen-bond acceptors (Lipinski definition) is 8. The maximum Gasteiger partial charge on any atom is 0.365 e. The van der Waals surface area contributed by atoms with Crippen LogP contribution in [0.25, 0.3) is 0 Å². The molecule has 0 aliphatic heterocycles. The number of aliphatic hydroxyl groups is 2. The fourth-order valence-electron chi connectivity index (χ4n) is 0.197. The summed E-state index contributed by atoms with van der Waals surface area (Å²) in [5.74, 6) is -2.27. The Hall–Kier alpha value is -1.48. The Kier molecular flexibility index (Phi) is 12.4. The Bertz CT molecular complexity index is 166. The van der Waals surface area contributed by atoms with Crippen molar-refractivity contribution in [2.45, 2.75) is 0 Å². The van der Waals surface area contributed by atoms with Crippen LogP contribution in [0.1, 0.15) is 0 Å². The summed E-state index contributed by atoms with van der Waals surface area (Å²) < 4.78 is 0. The minimum absolute atomic E-state index is 0.125. The highest BCUT2D eigenvalue weighted by molar-refractivity contribution is 5.91. The van der Waals surface area contributed by atoms with Crippen molar-refractivity contribution in [2.24, 2.45) is 0 Å². The normalized spacial score (nSPS) is 8.86. The molecule has 82 valence electrons. The molecule has 0 saturated carbocycles. The lowest BCUT2D eigenvalue weighted by Gasteiger charge is -1.85. The van der Waals surface area contributed by atoms with Gasteiger partial charge in [-0.2, -0.15) is 10.5 Å². The van der Waals surface area contributed by atoms with Crippen LogP contribution < -0.4 is 0 Å². The summed E-state index contributed by atoms with van der Waals surface area (Å²) in [4.78, 5) is 26.2. The zero-order chi connectivity index (χ0) is 11.4. The highest BCUT2D eigenvalue weighted by Gasteiger charge is 1.97. The van der Waals surface area contributed by atoms with Crippen molar-refractivity contribution < 1.29 is 40.1 Å². The SMILES string of the molecule is O=C(/C=C/C(=O)OO)OO.OCCO. The minimum atomic E-state index is -1.13. The quantitative estimate of drug-likeness (QED) is 0.252. The third-order valence-electron chi connectivity index (χ3n) is 0.635. The number of hydrogen-bond donors (Lipinski definition) is 4. The van der Waals surface area contributed by atoms with Crippen LogP contribution in [0.3, 0.4) is 0 Å². The number of aliphatic hydroxyl groups excluding tert-OH is 2. The molecule has 0 amide bonds. The summed E-state index contributed by atoms with van der Waals surface area (Å²) in [5, 5.41) is 30.5. The Morgan fingerprint density at radius 1 is 0.929 bits per heavy atom. The van der Waals surface area contributed by atoms with Crippen LogP contribution in [0.2, 0.25) is 0 Å². The Morgan fingerprint density at radius 3 is 1.36 bits per heavy atom. The van der Waals surface area contributed by atoms with Gasteiger partial charge >= 0.3 is 11.9 Å². The van der Waals surface area contributed by atoms with Gasteiger partial charge in [-0.05, 0) is 0 Å². The molecule has 0 rings (SSSR count).